The number of isocyanates is 1. The first kappa shape index (κ1) is 13.6. The van der Waals surface area contributed by atoms with Crippen molar-refractivity contribution in [1.29, 1.82) is 0 Å². The summed E-state index contributed by atoms with van der Waals surface area (Å²) in [6.07, 6.45) is 5.41. The van der Waals surface area contributed by atoms with Crippen LogP contribution in [0.1, 0.15) is 37.3 Å². The average molecular weight is 261 g/mol. The predicted octanol–water partition coefficient (Wildman–Crippen LogP) is 2.98. The molecule has 0 saturated heterocycles. The highest BCUT2D eigenvalue weighted by Gasteiger charge is 2.41. The Morgan fingerprint density at radius 2 is 2.05 bits per heavy atom. The second kappa shape index (κ2) is 5.45. The monoisotopic (exact) mass is 261 g/mol. The van der Waals surface area contributed by atoms with Crippen molar-refractivity contribution in [1.82, 2.24) is 0 Å². The van der Waals surface area contributed by atoms with E-state index < -0.39 is 5.54 Å². The fraction of sp³-hybridized carbons (Fsp3) is 0.533. The average Bonchev–Trinajstić information content (AvgIpc) is 2.41. The van der Waals surface area contributed by atoms with Crippen molar-refractivity contribution in [3.05, 3.63) is 23.3 Å². The van der Waals surface area contributed by atoms with Crippen LogP contribution in [-0.2, 0) is 16.8 Å². The van der Waals surface area contributed by atoms with Gasteiger partial charge < -0.3 is 9.47 Å². The van der Waals surface area contributed by atoms with Gasteiger partial charge in [0, 0.05) is 5.56 Å². The maximum absolute atomic E-state index is 10.7. The van der Waals surface area contributed by atoms with Crippen molar-refractivity contribution >= 4 is 6.08 Å². The van der Waals surface area contributed by atoms with E-state index in [9.17, 15) is 4.79 Å². The van der Waals surface area contributed by atoms with E-state index in [1.54, 1.807) is 20.3 Å². The van der Waals surface area contributed by atoms with E-state index in [1.165, 1.54) is 0 Å². The minimum atomic E-state index is -0.396. The third-order valence-electron chi connectivity index (χ3n) is 3.94. The van der Waals surface area contributed by atoms with E-state index in [1.807, 2.05) is 12.1 Å². The Hall–Kier alpha value is -1.80. The Balaban J connectivity index is 2.60. The van der Waals surface area contributed by atoms with Gasteiger partial charge in [-0.2, -0.15) is 4.99 Å². The molecular weight excluding hydrogens is 242 g/mol. The molecule has 0 spiro atoms. The maximum Gasteiger partial charge on any atom is 0.235 e. The quantitative estimate of drug-likeness (QED) is 0.604. The summed E-state index contributed by atoms with van der Waals surface area (Å²) in [5.74, 6) is 1.46. The predicted molar refractivity (Wildman–Crippen MR) is 72.6 cm³/mol. The Labute approximate surface area is 113 Å². The zero-order valence-corrected chi connectivity index (χ0v) is 11.7. The highest BCUT2D eigenvalue weighted by Crippen LogP contribution is 2.49. The minimum absolute atomic E-state index is 0.396. The number of rotatable bonds is 5. The van der Waals surface area contributed by atoms with E-state index in [-0.39, 0.29) is 0 Å². The van der Waals surface area contributed by atoms with Gasteiger partial charge in [-0.05, 0) is 37.3 Å². The molecule has 0 aliphatic heterocycles. The normalized spacial score (nSPS) is 16.2. The molecule has 0 radical (unpaired) electrons. The van der Waals surface area contributed by atoms with Gasteiger partial charge in [0.2, 0.25) is 6.08 Å². The molecular formula is C15H19NO3. The molecule has 1 aliphatic carbocycles. The van der Waals surface area contributed by atoms with Gasteiger partial charge in [-0.1, -0.05) is 13.0 Å². The van der Waals surface area contributed by atoms with Crippen molar-refractivity contribution in [2.75, 3.05) is 14.2 Å². The molecule has 0 atom stereocenters. The van der Waals surface area contributed by atoms with Crippen LogP contribution in [0.2, 0.25) is 0 Å². The molecule has 102 valence electrons. The summed E-state index contributed by atoms with van der Waals surface area (Å²) in [4.78, 5) is 14.8. The van der Waals surface area contributed by atoms with Gasteiger partial charge in [-0.3, -0.25) is 0 Å². The Morgan fingerprint density at radius 3 is 2.47 bits per heavy atom. The first-order chi connectivity index (χ1) is 9.22. The summed E-state index contributed by atoms with van der Waals surface area (Å²) in [7, 11) is 3.26. The van der Waals surface area contributed by atoms with Crippen LogP contribution in [0.15, 0.2) is 17.1 Å². The first-order valence-electron chi connectivity index (χ1n) is 6.55. The fourth-order valence-electron chi connectivity index (χ4n) is 2.82. The standard InChI is InChI=1S/C15H19NO3/c1-4-11-12(15(16-10-17)8-5-9-15)6-7-13(18-2)14(11)19-3/h6-7H,4-5,8-9H2,1-3H3. The topological polar surface area (TPSA) is 47.9 Å². The van der Waals surface area contributed by atoms with Crippen molar-refractivity contribution in [2.45, 2.75) is 38.1 Å². The smallest absolute Gasteiger partial charge is 0.235 e. The Bertz CT molecular complexity index is 514. The van der Waals surface area contributed by atoms with Crippen LogP contribution in [0.5, 0.6) is 11.5 Å². The molecule has 0 N–H and O–H groups in total. The van der Waals surface area contributed by atoms with Gasteiger partial charge in [0.05, 0.1) is 19.8 Å². The molecule has 0 unspecified atom stereocenters. The second-order valence-corrected chi connectivity index (χ2v) is 4.77. The molecule has 0 amide bonds. The largest absolute Gasteiger partial charge is 0.493 e. The zero-order valence-electron chi connectivity index (χ0n) is 11.7. The lowest BCUT2D eigenvalue weighted by atomic mass is 9.70. The summed E-state index contributed by atoms with van der Waals surface area (Å²) in [5, 5.41) is 0. The van der Waals surface area contributed by atoms with Crippen LogP contribution < -0.4 is 9.47 Å². The first-order valence-corrected chi connectivity index (χ1v) is 6.55. The highest BCUT2D eigenvalue weighted by molar-refractivity contribution is 5.54. The third-order valence-corrected chi connectivity index (χ3v) is 3.94. The lowest BCUT2D eigenvalue weighted by Crippen LogP contribution is -2.33. The molecule has 1 saturated carbocycles. The number of ether oxygens (including phenoxy) is 2. The summed E-state index contributed by atoms with van der Waals surface area (Å²) < 4.78 is 10.8. The SMILES string of the molecule is CCc1c(C2(N=C=O)CCC2)ccc(OC)c1OC. The molecule has 1 fully saturated rings. The van der Waals surface area contributed by atoms with Gasteiger partial charge in [0.1, 0.15) is 0 Å². The van der Waals surface area contributed by atoms with E-state index >= 15 is 0 Å². The molecule has 19 heavy (non-hydrogen) atoms. The number of benzene rings is 1. The van der Waals surface area contributed by atoms with E-state index in [4.69, 9.17) is 9.47 Å². The number of methoxy groups -OCH3 is 2. The van der Waals surface area contributed by atoms with Crippen molar-refractivity contribution < 1.29 is 14.3 Å². The second-order valence-electron chi connectivity index (χ2n) is 4.77. The van der Waals surface area contributed by atoms with Crippen LogP contribution in [0.3, 0.4) is 0 Å². The van der Waals surface area contributed by atoms with Gasteiger partial charge in [-0.15, -0.1) is 0 Å². The fourth-order valence-corrected chi connectivity index (χ4v) is 2.82. The van der Waals surface area contributed by atoms with Crippen molar-refractivity contribution in [2.24, 2.45) is 4.99 Å². The van der Waals surface area contributed by atoms with E-state index in [2.05, 4.69) is 11.9 Å². The molecule has 1 aliphatic rings. The van der Waals surface area contributed by atoms with E-state index in [0.29, 0.717) is 5.75 Å². The van der Waals surface area contributed by atoms with Gasteiger partial charge in [-0.25, -0.2) is 4.79 Å². The van der Waals surface area contributed by atoms with Crippen LogP contribution >= 0.6 is 0 Å². The maximum atomic E-state index is 10.7. The number of hydrogen-bond acceptors (Lipinski definition) is 4. The van der Waals surface area contributed by atoms with Crippen LogP contribution in [-0.4, -0.2) is 20.3 Å². The number of nitrogens with zero attached hydrogens (tertiary/aromatic N) is 1. The summed E-state index contributed by atoms with van der Waals surface area (Å²) >= 11 is 0. The Morgan fingerprint density at radius 1 is 1.32 bits per heavy atom. The molecule has 1 aromatic rings. The zero-order chi connectivity index (χ0) is 13.9. The molecule has 2 rings (SSSR count). The molecule has 4 heteroatoms. The van der Waals surface area contributed by atoms with Gasteiger partial charge in [0.25, 0.3) is 0 Å². The number of hydrogen-bond donors (Lipinski definition) is 0. The third kappa shape index (κ3) is 2.13. The minimum Gasteiger partial charge on any atom is -0.493 e. The Kier molecular flexibility index (Phi) is 3.91. The molecule has 4 nitrogen and oxygen atoms in total. The van der Waals surface area contributed by atoms with Crippen molar-refractivity contribution in [3.8, 4) is 11.5 Å². The van der Waals surface area contributed by atoms with Crippen LogP contribution in [0, 0.1) is 0 Å². The van der Waals surface area contributed by atoms with E-state index in [0.717, 1.165) is 42.6 Å². The summed E-state index contributed by atoms with van der Waals surface area (Å²) in [5.41, 5.74) is 1.75. The summed E-state index contributed by atoms with van der Waals surface area (Å²) in [6.45, 7) is 2.07. The highest BCUT2D eigenvalue weighted by atomic mass is 16.5. The van der Waals surface area contributed by atoms with Gasteiger partial charge in [0.15, 0.2) is 11.5 Å². The van der Waals surface area contributed by atoms with Crippen molar-refractivity contribution in [3.63, 3.8) is 0 Å². The van der Waals surface area contributed by atoms with Crippen LogP contribution in [0.25, 0.3) is 0 Å². The molecule has 1 aromatic carbocycles. The van der Waals surface area contributed by atoms with Crippen LogP contribution in [0.4, 0.5) is 0 Å². The molecule has 0 heterocycles. The number of aliphatic imine (C=N–C) groups is 1. The molecule has 0 bridgehead atoms. The molecule has 0 aromatic heterocycles. The number of carbonyl (C=O) groups excluding carboxylic acids is 1. The lowest BCUT2D eigenvalue weighted by molar-refractivity contribution is 0.252. The summed E-state index contributed by atoms with van der Waals surface area (Å²) in [6, 6.07) is 3.88. The van der Waals surface area contributed by atoms with Gasteiger partial charge >= 0.3 is 0 Å². The lowest BCUT2D eigenvalue weighted by Gasteiger charge is -2.38.